The summed E-state index contributed by atoms with van der Waals surface area (Å²) >= 11 is 0. The molecule has 0 spiro atoms. The highest BCUT2D eigenvalue weighted by molar-refractivity contribution is 5.74. The Morgan fingerprint density at radius 2 is 2.00 bits per heavy atom. The number of aromatic amines is 1. The van der Waals surface area contributed by atoms with Crippen LogP contribution in [0, 0.1) is 0 Å². The minimum absolute atomic E-state index is 0.256. The van der Waals surface area contributed by atoms with Crippen molar-refractivity contribution < 1.29 is 0 Å². The number of hydrogen-bond acceptors (Lipinski definition) is 5. The Labute approximate surface area is 117 Å². The number of rotatable bonds is 3. The minimum atomic E-state index is -0.303. The number of anilines is 1. The molecule has 0 aliphatic carbocycles. The molecule has 0 radical (unpaired) electrons. The molecule has 0 saturated heterocycles. The first-order chi connectivity index (χ1) is 9.52. The van der Waals surface area contributed by atoms with E-state index in [2.05, 4.69) is 25.3 Å². The molecule has 0 bridgehead atoms. The zero-order valence-electron chi connectivity index (χ0n) is 12.7. The first-order valence-electron chi connectivity index (χ1n) is 6.38. The topological polar surface area (TPSA) is 91.2 Å². The highest BCUT2D eigenvalue weighted by Gasteiger charge is 2.12. The van der Waals surface area contributed by atoms with Gasteiger partial charge < -0.3 is 10.2 Å². The van der Waals surface area contributed by atoms with Gasteiger partial charge in [0.1, 0.15) is 0 Å². The lowest BCUT2D eigenvalue weighted by Gasteiger charge is -2.02. The largest absolute Gasteiger partial charge is 0.369 e. The lowest BCUT2D eigenvalue weighted by atomic mass is 10.5. The Kier molecular flexibility index (Phi) is 5.24. The summed E-state index contributed by atoms with van der Waals surface area (Å²) in [5.74, 6) is 0.837. The fraction of sp³-hybridized carbons (Fsp3) is 0.500. The molecular weight excluding hydrogens is 258 g/mol. The van der Waals surface area contributed by atoms with Gasteiger partial charge in [-0.15, -0.1) is 0 Å². The third-order valence-corrected chi connectivity index (χ3v) is 2.35. The van der Waals surface area contributed by atoms with E-state index < -0.39 is 0 Å². The molecule has 0 aliphatic rings. The average Bonchev–Trinajstić information content (AvgIpc) is 2.76. The predicted octanol–water partition coefficient (Wildman–Crippen LogP) is 0.946. The van der Waals surface area contributed by atoms with Crippen molar-refractivity contribution in [2.75, 3.05) is 26.5 Å². The van der Waals surface area contributed by atoms with E-state index in [1.165, 1.54) is 0 Å². The summed E-state index contributed by atoms with van der Waals surface area (Å²) in [6, 6.07) is 0. The Morgan fingerprint density at radius 3 is 2.55 bits per heavy atom. The van der Waals surface area contributed by atoms with Crippen LogP contribution in [-0.4, -0.2) is 51.9 Å². The fourth-order valence-corrected chi connectivity index (χ4v) is 1.51. The van der Waals surface area contributed by atoms with Gasteiger partial charge >= 0.3 is 0 Å². The molecule has 0 fully saturated rings. The van der Waals surface area contributed by atoms with Crippen molar-refractivity contribution in [1.82, 2.24) is 24.4 Å². The van der Waals surface area contributed by atoms with Crippen molar-refractivity contribution in [2.24, 2.45) is 12.0 Å². The number of imidazole rings is 1. The molecule has 2 heterocycles. The molecule has 0 saturated carbocycles. The van der Waals surface area contributed by atoms with Gasteiger partial charge in [0.15, 0.2) is 11.2 Å². The van der Waals surface area contributed by atoms with Crippen molar-refractivity contribution in [1.29, 1.82) is 0 Å². The second-order valence-corrected chi connectivity index (χ2v) is 4.01. The highest BCUT2D eigenvalue weighted by Crippen LogP contribution is 2.14. The van der Waals surface area contributed by atoms with Gasteiger partial charge in [0, 0.05) is 28.2 Å². The first kappa shape index (κ1) is 15.7. The number of nitrogens with zero attached hydrogens (tertiary/aromatic N) is 5. The van der Waals surface area contributed by atoms with Crippen molar-refractivity contribution >= 4 is 29.4 Å². The normalized spacial score (nSPS) is 10.5. The third-order valence-electron chi connectivity index (χ3n) is 2.35. The number of aromatic nitrogens is 4. The Hall–Kier alpha value is -2.38. The fourth-order valence-electron chi connectivity index (χ4n) is 1.51. The predicted molar refractivity (Wildman–Crippen MR) is 81.9 cm³/mol. The second-order valence-electron chi connectivity index (χ2n) is 4.01. The molecule has 0 unspecified atom stereocenters. The summed E-state index contributed by atoms with van der Waals surface area (Å²) in [5, 5.41) is 2.89. The van der Waals surface area contributed by atoms with Crippen LogP contribution in [0.1, 0.15) is 13.8 Å². The number of hydrogen-bond donors (Lipinski definition) is 2. The molecule has 8 nitrogen and oxygen atoms in total. The summed E-state index contributed by atoms with van der Waals surface area (Å²) < 4.78 is 1.71. The summed E-state index contributed by atoms with van der Waals surface area (Å²) in [6.07, 6.45) is 1.57. The molecule has 20 heavy (non-hydrogen) atoms. The van der Waals surface area contributed by atoms with Crippen LogP contribution in [0.4, 0.5) is 11.9 Å². The maximum Gasteiger partial charge on any atom is 0.280 e. The van der Waals surface area contributed by atoms with Crippen molar-refractivity contribution in [2.45, 2.75) is 13.8 Å². The molecule has 2 N–H and O–H groups in total. The van der Waals surface area contributed by atoms with E-state index in [9.17, 15) is 4.79 Å². The van der Waals surface area contributed by atoms with Gasteiger partial charge in [-0.1, -0.05) is 13.8 Å². The van der Waals surface area contributed by atoms with Crippen LogP contribution < -0.4 is 10.9 Å². The molecule has 0 amide bonds. The highest BCUT2D eigenvalue weighted by atomic mass is 16.1. The Bertz CT molecular complexity index is 654. The van der Waals surface area contributed by atoms with Gasteiger partial charge in [-0.25, -0.2) is 9.98 Å². The van der Waals surface area contributed by atoms with E-state index in [0.717, 1.165) is 0 Å². The van der Waals surface area contributed by atoms with Crippen LogP contribution in [0.3, 0.4) is 0 Å². The van der Waals surface area contributed by atoms with E-state index in [1.54, 1.807) is 29.9 Å². The van der Waals surface area contributed by atoms with E-state index in [-0.39, 0.29) is 11.5 Å². The van der Waals surface area contributed by atoms with E-state index >= 15 is 0 Å². The van der Waals surface area contributed by atoms with Crippen LogP contribution in [0.15, 0.2) is 9.79 Å². The third kappa shape index (κ3) is 3.14. The SMILES string of the molecule is CC.CNc1nc2c(=O)[nH]c(/N=C/N(C)C)nc2n1C. The van der Waals surface area contributed by atoms with Gasteiger partial charge in [-0.2, -0.15) is 4.98 Å². The zero-order valence-corrected chi connectivity index (χ0v) is 12.7. The standard InChI is InChI=1S/C10H15N7O.C2H6/c1-11-10-13-6-7(17(10)4)14-9(15-8(6)18)12-5-16(2)3;1-2/h5H,1-4H3,(H,11,13)(H,14,15,18);1-2H3/b12-5+;. The number of H-pyrrole nitrogens is 1. The molecule has 2 aromatic heterocycles. The lowest BCUT2D eigenvalue weighted by molar-refractivity contribution is 0.642. The van der Waals surface area contributed by atoms with Crippen molar-refractivity contribution in [3.05, 3.63) is 10.4 Å². The smallest absolute Gasteiger partial charge is 0.280 e. The second kappa shape index (κ2) is 6.69. The maximum absolute atomic E-state index is 11.8. The molecule has 110 valence electrons. The molecule has 0 aromatic carbocycles. The van der Waals surface area contributed by atoms with Crippen LogP contribution in [0.5, 0.6) is 0 Å². The molecule has 0 aliphatic heterocycles. The average molecular weight is 279 g/mol. The van der Waals surface area contributed by atoms with Gasteiger partial charge in [0.05, 0.1) is 6.34 Å². The van der Waals surface area contributed by atoms with Crippen LogP contribution in [0.2, 0.25) is 0 Å². The minimum Gasteiger partial charge on any atom is -0.369 e. The number of fused-ring (bicyclic) bond motifs is 1. The number of aliphatic imine (C=N–C) groups is 1. The number of aryl methyl sites for hydroxylation is 1. The molecule has 2 aromatic rings. The Morgan fingerprint density at radius 1 is 1.35 bits per heavy atom. The van der Waals surface area contributed by atoms with Crippen LogP contribution in [0.25, 0.3) is 11.2 Å². The lowest BCUT2D eigenvalue weighted by Crippen LogP contribution is -2.10. The van der Waals surface area contributed by atoms with Crippen LogP contribution >= 0.6 is 0 Å². The molecule has 8 heteroatoms. The Balaban J connectivity index is 0.000000956. The molecular formula is C12H21N7O. The van der Waals surface area contributed by atoms with Gasteiger partial charge in [0.25, 0.3) is 5.56 Å². The van der Waals surface area contributed by atoms with Gasteiger partial charge in [0.2, 0.25) is 11.9 Å². The summed E-state index contributed by atoms with van der Waals surface area (Å²) in [5.41, 5.74) is 0.489. The number of nitrogens with one attached hydrogen (secondary N) is 2. The molecule has 0 atom stereocenters. The quantitative estimate of drug-likeness (QED) is 0.644. The van der Waals surface area contributed by atoms with Crippen molar-refractivity contribution in [3.8, 4) is 0 Å². The molecule has 2 rings (SSSR count). The van der Waals surface area contributed by atoms with Gasteiger partial charge in [-0.3, -0.25) is 14.3 Å². The van der Waals surface area contributed by atoms with E-state index in [0.29, 0.717) is 17.1 Å². The first-order valence-corrected chi connectivity index (χ1v) is 6.38. The van der Waals surface area contributed by atoms with Crippen LogP contribution in [-0.2, 0) is 7.05 Å². The summed E-state index contributed by atoms with van der Waals surface area (Å²) in [4.78, 5) is 28.6. The maximum atomic E-state index is 11.8. The van der Waals surface area contributed by atoms with Gasteiger partial charge in [-0.05, 0) is 0 Å². The monoisotopic (exact) mass is 279 g/mol. The van der Waals surface area contributed by atoms with E-state index in [1.807, 2.05) is 27.9 Å². The van der Waals surface area contributed by atoms with E-state index in [4.69, 9.17) is 0 Å². The van der Waals surface area contributed by atoms with Crippen molar-refractivity contribution in [3.63, 3.8) is 0 Å². The zero-order chi connectivity index (χ0) is 15.3. The summed E-state index contributed by atoms with van der Waals surface area (Å²) in [7, 11) is 7.19. The summed E-state index contributed by atoms with van der Waals surface area (Å²) in [6.45, 7) is 4.00.